The Morgan fingerprint density at radius 2 is 2.00 bits per heavy atom. The van der Waals surface area contributed by atoms with Gasteiger partial charge < -0.3 is 9.47 Å². The second-order valence-corrected chi connectivity index (χ2v) is 4.50. The lowest BCUT2D eigenvalue weighted by molar-refractivity contribution is 0.349. The number of ether oxygens (including phenoxy) is 2. The van der Waals surface area contributed by atoms with Crippen LogP contribution in [0, 0.1) is 14.2 Å². The first-order chi connectivity index (χ1) is 9.26. The van der Waals surface area contributed by atoms with E-state index in [2.05, 4.69) is 33.3 Å². The predicted molar refractivity (Wildman–Crippen MR) is 77.1 cm³/mol. The highest BCUT2D eigenvalue weighted by Gasteiger charge is 2.12. The van der Waals surface area contributed by atoms with Crippen molar-refractivity contribution in [3.8, 4) is 5.75 Å². The molecular weight excluding hydrogens is 236 g/mol. The molecule has 1 aliphatic carbocycles. The fourth-order valence-corrected chi connectivity index (χ4v) is 2.25. The third-order valence-corrected chi connectivity index (χ3v) is 3.26. The molecule has 1 aromatic carbocycles. The van der Waals surface area contributed by atoms with Gasteiger partial charge in [-0.05, 0) is 43.0 Å². The summed E-state index contributed by atoms with van der Waals surface area (Å²) in [6.45, 7) is 2.11. The molecule has 0 heterocycles. The molecule has 0 bridgehead atoms. The third-order valence-electron chi connectivity index (χ3n) is 3.26. The number of hydrogen-bond donors (Lipinski definition) is 0. The summed E-state index contributed by atoms with van der Waals surface area (Å²) >= 11 is 0. The van der Waals surface area contributed by atoms with Crippen LogP contribution in [0.1, 0.15) is 18.9 Å². The molecule has 0 saturated carbocycles. The zero-order valence-corrected chi connectivity index (χ0v) is 11.2. The summed E-state index contributed by atoms with van der Waals surface area (Å²) in [4.78, 5) is 0. The van der Waals surface area contributed by atoms with Crippen molar-refractivity contribution in [3.63, 3.8) is 0 Å². The molecule has 0 amide bonds. The molecule has 19 heavy (non-hydrogen) atoms. The Hall–Kier alpha value is -1.96. The molecule has 0 atom stereocenters. The molecule has 2 heteroatoms. The van der Waals surface area contributed by atoms with Crippen molar-refractivity contribution in [3.05, 3.63) is 79.2 Å². The lowest BCUT2D eigenvalue weighted by Crippen LogP contribution is -2.01. The zero-order chi connectivity index (χ0) is 13.7. The van der Waals surface area contributed by atoms with E-state index in [9.17, 15) is 0 Å². The summed E-state index contributed by atoms with van der Waals surface area (Å²) in [5.41, 5.74) is 3.57. The SMILES string of the molecule is [CH2]OC1=CC=CCC1=C(C)Cc1ccccc1O[CH2]. The number of para-hydroxylation sites is 1. The minimum atomic E-state index is 0.815. The van der Waals surface area contributed by atoms with Crippen molar-refractivity contribution >= 4 is 0 Å². The molecule has 2 rings (SSSR count). The summed E-state index contributed by atoms with van der Waals surface area (Å²) in [6.07, 6.45) is 7.74. The molecule has 0 fully saturated rings. The summed E-state index contributed by atoms with van der Waals surface area (Å²) in [6, 6.07) is 7.93. The largest absolute Gasteiger partial charge is 0.490 e. The van der Waals surface area contributed by atoms with Crippen LogP contribution in [0.3, 0.4) is 0 Å². The summed E-state index contributed by atoms with van der Waals surface area (Å²) < 4.78 is 10.3. The highest BCUT2D eigenvalue weighted by atomic mass is 16.5. The molecule has 0 N–H and O–H groups in total. The van der Waals surface area contributed by atoms with Gasteiger partial charge in [-0.15, -0.1) is 0 Å². The first-order valence-corrected chi connectivity index (χ1v) is 6.24. The van der Waals surface area contributed by atoms with Crippen LogP contribution in [0.15, 0.2) is 59.4 Å². The molecule has 0 saturated heterocycles. The number of benzene rings is 1. The first kappa shape index (κ1) is 13.5. The lowest BCUT2D eigenvalue weighted by atomic mass is 9.95. The second-order valence-electron chi connectivity index (χ2n) is 4.50. The van der Waals surface area contributed by atoms with Crippen LogP contribution >= 0.6 is 0 Å². The quantitative estimate of drug-likeness (QED) is 0.794. The van der Waals surface area contributed by atoms with Crippen LogP contribution in [0.2, 0.25) is 0 Å². The maximum Gasteiger partial charge on any atom is 0.122 e. The van der Waals surface area contributed by atoms with Crippen molar-refractivity contribution in [2.75, 3.05) is 0 Å². The van der Waals surface area contributed by atoms with Gasteiger partial charge in [0.05, 0.1) is 0 Å². The van der Waals surface area contributed by atoms with Crippen molar-refractivity contribution in [1.29, 1.82) is 0 Å². The van der Waals surface area contributed by atoms with Crippen LogP contribution in [0.5, 0.6) is 5.75 Å². The first-order valence-electron chi connectivity index (χ1n) is 6.24. The van der Waals surface area contributed by atoms with E-state index in [1.54, 1.807) is 0 Å². The second kappa shape index (κ2) is 6.28. The Labute approximate surface area is 115 Å². The minimum absolute atomic E-state index is 0.815. The Bertz CT molecular complexity index is 536. The minimum Gasteiger partial charge on any atom is -0.490 e. The lowest BCUT2D eigenvalue weighted by Gasteiger charge is -2.16. The molecule has 2 nitrogen and oxygen atoms in total. The van der Waals surface area contributed by atoms with E-state index in [0.29, 0.717) is 0 Å². The average Bonchev–Trinajstić information content (AvgIpc) is 2.47. The highest BCUT2D eigenvalue weighted by molar-refractivity contribution is 5.43. The molecule has 0 spiro atoms. The van der Waals surface area contributed by atoms with Gasteiger partial charge in [0.2, 0.25) is 0 Å². The highest BCUT2D eigenvalue weighted by Crippen LogP contribution is 2.28. The van der Waals surface area contributed by atoms with Crippen molar-refractivity contribution in [2.45, 2.75) is 19.8 Å². The third kappa shape index (κ3) is 3.08. The van der Waals surface area contributed by atoms with Crippen LogP contribution in [-0.4, -0.2) is 0 Å². The van der Waals surface area contributed by atoms with Gasteiger partial charge in [-0.3, -0.25) is 0 Å². The fourth-order valence-electron chi connectivity index (χ4n) is 2.25. The zero-order valence-electron chi connectivity index (χ0n) is 11.2. The van der Waals surface area contributed by atoms with Gasteiger partial charge in [-0.1, -0.05) is 35.9 Å². The van der Waals surface area contributed by atoms with Gasteiger partial charge in [-0.25, -0.2) is 0 Å². The van der Waals surface area contributed by atoms with Gasteiger partial charge in [-0.2, -0.15) is 0 Å². The van der Waals surface area contributed by atoms with E-state index in [4.69, 9.17) is 9.47 Å². The Morgan fingerprint density at radius 1 is 1.21 bits per heavy atom. The summed E-state index contributed by atoms with van der Waals surface area (Å²) in [5, 5.41) is 0. The predicted octanol–water partition coefficient (Wildman–Crippen LogP) is 4.37. The maximum absolute atomic E-state index is 5.18. The Balaban J connectivity index is 2.27. The Morgan fingerprint density at radius 3 is 2.74 bits per heavy atom. The average molecular weight is 254 g/mol. The maximum atomic E-state index is 5.18. The molecule has 1 aliphatic rings. The molecule has 0 unspecified atom stereocenters. The topological polar surface area (TPSA) is 18.5 Å². The Kier molecular flexibility index (Phi) is 4.45. The fraction of sp³-hybridized carbons (Fsp3) is 0.176. The van der Waals surface area contributed by atoms with Gasteiger partial charge in [0, 0.05) is 0 Å². The monoisotopic (exact) mass is 254 g/mol. The molecule has 98 valence electrons. The molecule has 0 aliphatic heterocycles. The summed E-state index contributed by atoms with van der Waals surface area (Å²) in [5.74, 6) is 1.66. The van der Waals surface area contributed by atoms with Crippen LogP contribution in [0.25, 0.3) is 0 Å². The van der Waals surface area contributed by atoms with Crippen LogP contribution in [0.4, 0.5) is 0 Å². The van der Waals surface area contributed by atoms with Crippen molar-refractivity contribution in [1.82, 2.24) is 0 Å². The van der Waals surface area contributed by atoms with Crippen LogP contribution < -0.4 is 4.74 Å². The number of allylic oxidation sites excluding steroid dienone is 5. The summed E-state index contributed by atoms with van der Waals surface area (Å²) in [7, 11) is 7.01. The number of hydrogen-bond acceptors (Lipinski definition) is 2. The van der Waals surface area contributed by atoms with Crippen molar-refractivity contribution < 1.29 is 9.47 Å². The molecule has 2 radical (unpaired) electrons. The van der Waals surface area contributed by atoms with E-state index in [1.807, 2.05) is 30.4 Å². The van der Waals surface area contributed by atoms with Crippen LogP contribution in [-0.2, 0) is 11.2 Å². The van der Waals surface area contributed by atoms with E-state index < -0.39 is 0 Å². The van der Waals surface area contributed by atoms with E-state index in [-0.39, 0.29) is 0 Å². The molecular formula is C17H18O2. The van der Waals surface area contributed by atoms with Gasteiger partial charge >= 0.3 is 0 Å². The van der Waals surface area contributed by atoms with Gasteiger partial charge in [0.25, 0.3) is 0 Å². The van der Waals surface area contributed by atoms with Crippen molar-refractivity contribution in [2.24, 2.45) is 0 Å². The van der Waals surface area contributed by atoms with E-state index >= 15 is 0 Å². The van der Waals surface area contributed by atoms with E-state index in [1.165, 1.54) is 11.1 Å². The normalized spacial score (nSPS) is 16.9. The number of rotatable bonds is 4. The van der Waals surface area contributed by atoms with Gasteiger partial charge in [0.15, 0.2) is 0 Å². The molecule has 1 aromatic rings. The standard InChI is InChI=1S/C17H18O2/c1-13(15-9-5-7-11-17(15)19-3)12-14-8-4-6-10-16(14)18-2/h4-8,10-11H,2-3,9,12H2,1H3. The molecule has 0 aromatic heterocycles. The van der Waals surface area contributed by atoms with Gasteiger partial charge in [0.1, 0.15) is 25.7 Å². The van der Waals surface area contributed by atoms with E-state index in [0.717, 1.165) is 29.9 Å². The smallest absolute Gasteiger partial charge is 0.122 e.